The zero-order valence-electron chi connectivity index (χ0n) is 19.0. The van der Waals surface area contributed by atoms with E-state index >= 15 is 0 Å². The fourth-order valence-corrected chi connectivity index (χ4v) is 5.42. The second kappa shape index (κ2) is 8.08. The molecule has 0 unspecified atom stereocenters. The monoisotopic (exact) mass is 453 g/mol. The van der Waals surface area contributed by atoms with Gasteiger partial charge in [0.25, 0.3) is 0 Å². The Morgan fingerprint density at radius 1 is 0.906 bits per heavy atom. The summed E-state index contributed by atoms with van der Waals surface area (Å²) in [6, 6.07) is 14.9. The molecule has 1 saturated carbocycles. The molecule has 2 aliphatic rings. The van der Waals surface area contributed by atoms with E-state index in [4.69, 9.17) is 4.98 Å². The molecule has 1 aromatic carbocycles. The molecule has 0 atom stereocenters. The van der Waals surface area contributed by atoms with Gasteiger partial charge in [0.1, 0.15) is 11.5 Å². The van der Waals surface area contributed by atoms with Crippen molar-refractivity contribution in [3.63, 3.8) is 0 Å². The van der Waals surface area contributed by atoms with Gasteiger partial charge in [0.2, 0.25) is 0 Å². The molecule has 1 aliphatic heterocycles. The number of nitrogens with zero attached hydrogens (tertiary/aromatic N) is 5. The van der Waals surface area contributed by atoms with E-state index in [1.165, 1.54) is 24.5 Å². The second-order valence-electron chi connectivity index (χ2n) is 9.29. The molecular formula is C24H31N5O2S. The average Bonchev–Trinajstić information content (AvgIpc) is 3.15. The number of piperazine rings is 1. The van der Waals surface area contributed by atoms with Gasteiger partial charge in [-0.2, -0.15) is 0 Å². The lowest BCUT2D eigenvalue weighted by atomic mass is 9.86. The van der Waals surface area contributed by atoms with Crippen molar-refractivity contribution in [2.75, 3.05) is 56.3 Å². The average molecular weight is 454 g/mol. The second-order valence-corrected chi connectivity index (χ2v) is 11.3. The molecule has 0 amide bonds. The summed E-state index contributed by atoms with van der Waals surface area (Å²) >= 11 is 0. The highest BCUT2D eigenvalue weighted by Gasteiger charge is 2.32. The molecule has 170 valence electrons. The van der Waals surface area contributed by atoms with Crippen LogP contribution in [0, 0.1) is 0 Å². The van der Waals surface area contributed by atoms with Crippen molar-refractivity contribution in [3.05, 3.63) is 48.7 Å². The first kappa shape index (κ1) is 21.3. The predicted molar refractivity (Wildman–Crippen MR) is 129 cm³/mol. The first-order chi connectivity index (χ1) is 15.3. The van der Waals surface area contributed by atoms with Gasteiger partial charge in [-0.15, -0.1) is 0 Å². The zero-order valence-corrected chi connectivity index (χ0v) is 19.8. The normalized spacial score (nSPS) is 21.9. The molecule has 5 rings (SSSR count). The van der Waals surface area contributed by atoms with Gasteiger partial charge in [-0.05, 0) is 69.4 Å². The van der Waals surface area contributed by atoms with E-state index in [1.54, 1.807) is 12.1 Å². The molecule has 0 bridgehead atoms. The van der Waals surface area contributed by atoms with Crippen LogP contribution in [0.25, 0.3) is 11.0 Å². The van der Waals surface area contributed by atoms with E-state index in [0.29, 0.717) is 17.0 Å². The summed E-state index contributed by atoms with van der Waals surface area (Å²) in [7, 11) is 1.15. The van der Waals surface area contributed by atoms with E-state index in [0.717, 1.165) is 43.3 Å². The number of rotatable bonds is 5. The Labute approximate surface area is 190 Å². The first-order valence-corrected chi connectivity index (χ1v) is 13.1. The van der Waals surface area contributed by atoms with E-state index < -0.39 is 9.84 Å². The number of hydrogen-bond acceptors (Lipinski definition) is 6. The van der Waals surface area contributed by atoms with Crippen molar-refractivity contribution in [2.24, 2.45) is 0 Å². The molecule has 2 aromatic heterocycles. The lowest BCUT2D eigenvalue weighted by Gasteiger charge is -2.40. The van der Waals surface area contributed by atoms with Crippen LogP contribution in [0.4, 0.5) is 11.5 Å². The number of fused-ring (bicyclic) bond motifs is 1. The van der Waals surface area contributed by atoms with Crippen molar-refractivity contribution in [3.8, 4) is 0 Å². The lowest BCUT2D eigenvalue weighted by Crippen LogP contribution is -2.46. The Morgan fingerprint density at radius 3 is 2.19 bits per heavy atom. The number of aromatic nitrogens is 2. The van der Waals surface area contributed by atoms with Crippen LogP contribution in [0.5, 0.6) is 0 Å². The van der Waals surface area contributed by atoms with E-state index in [1.807, 2.05) is 12.1 Å². The molecular weight excluding hydrogens is 422 g/mol. The van der Waals surface area contributed by atoms with Gasteiger partial charge in [-0.25, -0.2) is 13.4 Å². The minimum absolute atomic E-state index is 0.365. The quantitative estimate of drug-likeness (QED) is 0.592. The van der Waals surface area contributed by atoms with Crippen LogP contribution in [-0.2, 0) is 9.84 Å². The van der Waals surface area contributed by atoms with Gasteiger partial charge in [-0.1, -0.05) is 0 Å². The van der Waals surface area contributed by atoms with E-state index in [-0.39, 0.29) is 0 Å². The molecule has 8 heteroatoms. The van der Waals surface area contributed by atoms with Crippen LogP contribution in [0.3, 0.4) is 0 Å². The Kier molecular flexibility index (Phi) is 5.37. The Bertz CT molecular complexity index is 1200. The summed E-state index contributed by atoms with van der Waals surface area (Å²) in [5.74, 6) is 1.04. The van der Waals surface area contributed by atoms with Crippen molar-refractivity contribution >= 4 is 32.4 Å². The highest BCUT2D eigenvalue weighted by atomic mass is 32.2. The maximum atomic E-state index is 11.7. The summed E-state index contributed by atoms with van der Waals surface area (Å²) in [4.78, 5) is 12.4. The summed E-state index contributed by atoms with van der Waals surface area (Å²) in [5, 5.41) is 1.20. The number of sulfone groups is 1. The van der Waals surface area contributed by atoms with Gasteiger partial charge in [0.15, 0.2) is 9.84 Å². The number of anilines is 2. The van der Waals surface area contributed by atoms with Crippen LogP contribution in [0.1, 0.15) is 18.9 Å². The molecule has 7 nitrogen and oxygen atoms in total. The van der Waals surface area contributed by atoms with Crippen molar-refractivity contribution in [1.82, 2.24) is 14.5 Å². The van der Waals surface area contributed by atoms with Gasteiger partial charge < -0.3 is 19.3 Å². The maximum absolute atomic E-state index is 11.7. The Morgan fingerprint density at radius 2 is 1.56 bits per heavy atom. The summed E-state index contributed by atoms with van der Waals surface area (Å²) in [5.41, 5.74) is 2.15. The highest BCUT2D eigenvalue weighted by Crippen LogP contribution is 2.37. The Balaban J connectivity index is 1.27. The van der Waals surface area contributed by atoms with Gasteiger partial charge in [-0.3, -0.25) is 0 Å². The van der Waals surface area contributed by atoms with Gasteiger partial charge in [0.05, 0.1) is 4.90 Å². The van der Waals surface area contributed by atoms with Crippen LogP contribution in [0.2, 0.25) is 0 Å². The SMILES string of the molecule is CN(C)[C@H]1C[C@@H](n2ccc3ccc(N4CCN(c5ccc(S(C)(=O)=O)cc5)CC4)nc32)C1. The Hall–Kier alpha value is -2.58. The smallest absolute Gasteiger partial charge is 0.175 e. The van der Waals surface area contributed by atoms with Crippen molar-refractivity contribution < 1.29 is 8.42 Å². The fraction of sp³-hybridized carbons (Fsp3) is 0.458. The third kappa shape index (κ3) is 3.97. The minimum Gasteiger partial charge on any atom is -0.368 e. The molecule has 1 saturated heterocycles. The lowest BCUT2D eigenvalue weighted by molar-refractivity contribution is 0.131. The largest absolute Gasteiger partial charge is 0.368 e. The van der Waals surface area contributed by atoms with Crippen LogP contribution in [-0.4, -0.2) is 75.4 Å². The molecule has 32 heavy (non-hydrogen) atoms. The summed E-state index contributed by atoms with van der Waals surface area (Å²) < 4.78 is 25.8. The maximum Gasteiger partial charge on any atom is 0.175 e. The number of hydrogen-bond donors (Lipinski definition) is 0. The van der Waals surface area contributed by atoms with Crippen LogP contribution in [0.15, 0.2) is 53.6 Å². The van der Waals surface area contributed by atoms with Crippen molar-refractivity contribution in [1.29, 1.82) is 0 Å². The molecule has 0 radical (unpaired) electrons. The molecule has 2 fully saturated rings. The summed E-state index contributed by atoms with van der Waals surface area (Å²) in [6.45, 7) is 3.54. The van der Waals surface area contributed by atoms with Gasteiger partial charge >= 0.3 is 0 Å². The first-order valence-electron chi connectivity index (χ1n) is 11.2. The predicted octanol–water partition coefficient (Wildman–Crippen LogP) is 3.03. The van der Waals surface area contributed by atoms with Crippen LogP contribution < -0.4 is 9.80 Å². The highest BCUT2D eigenvalue weighted by molar-refractivity contribution is 7.90. The third-order valence-corrected chi connectivity index (χ3v) is 8.12. The van der Waals surface area contributed by atoms with Crippen molar-refractivity contribution in [2.45, 2.75) is 29.8 Å². The molecule has 3 heterocycles. The molecule has 0 N–H and O–H groups in total. The van der Waals surface area contributed by atoms with E-state index in [9.17, 15) is 8.42 Å². The topological polar surface area (TPSA) is 61.7 Å². The third-order valence-electron chi connectivity index (χ3n) is 7.00. The van der Waals surface area contributed by atoms with Crippen LogP contribution >= 0.6 is 0 Å². The zero-order chi connectivity index (χ0) is 22.5. The van der Waals surface area contributed by atoms with Gasteiger partial charge in [0, 0.05) is 61.8 Å². The standard InChI is InChI=1S/C24H31N5O2S/c1-26(2)20-16-21(17-20)29-11-10-18-4-9-23(25-24(18)29)28-14-12-27(13-15-28)19-5-7-22(8-6-19)32(3,30)31/h4-11,20-21H,12-17H2,1-3H3/t20-,21+. The summed E-state index contributed by atoms with van der Waals surface area (Å²) in [6.07, 6.45) is 5.79. The molecule has 1 aliphatic carbocycles. The molecule has 0 spiro atoms. The number of pyridine rings is 1. The van der Waals surface area contributed by atoms with E-state index in [2.05, 4.69) is 57.8 Å². The fourth-order valence-electron chi connectivity index (χ4n) is 4.79. The molecule has 3 aromatic rings. The minimum atomic E-state index is -3.16. The number of benzene rings is 1.